The number of ether oxygens (including phenoxy) is 1. The molecule has 2 aromatic carbocycles. The van der Waals surface area contributed by atoms with Crippen LogP contribution in [0.25, 0.3) is 21.7 Å². The summed E-state index contributed by atoms with van der Waals surface area (Å²) in [6.07, 6.45) is 5.52. The van der Waals surface area contributed by atoms with Gasteiger partial charge in [0.25, 0.3) is 0 Å². The van der Waals surface area contributed by atoms with Crippen molar-refractivity contribution in [1.82, 2.24) is 20.1 Å². The van der Waals surface area contributed by atoms with Gasteiger partial charge in [-0.2, -0.15) is 5.10 Å². The Morgan fingerprint density at radius 1 is 1.07 bits per heavy atom. The highest BCUT2D eigenvalue weighted by atomic mass is 16.5. The zero-order valence-electron chi connectivity index (χ0n) is 15.5. The van der Waals surface area contributed by atoms with Crippen molar-refractivity contribution >= 4 is 21.7 Å². The first-order chi connectivity index (χ1) is 13.7. The number of nitrogens with zero attached hydrogens (tertiary/aromatic N) is 3. The fraction of sp³-hybridized carbons (Fsp3) is 0.273. The molecule has 6 nitrogen and oxygen atoms in total. The standard InChI is InChI=1S/C22H22N4O2/c27-21-14-26(13-15-1-2-17-12-24-25-20(17)9-15)8-6-22(21)28-19-4-3-16-5-7-23-11-18(16)10-19/h1-5,7,9-12,21-22,27H,6,8,13-14H2,(H,24,25)/t21-,22-/m1/s1. The fourth-order valence-corrected chi connectivity index (χ4v) is 3.91. The SMILES string of the molecule is O[C@@H]1CN(Cc2ccc3cn[nH]c3c2)CC[C@H]1Oc1ccc2ccncc2c1. The molecule has 2 N–H and O–H groups in total. The van der Waals surface area contributed by atoms with Gasteiger partial charge in [0, 0.05) is 42.8 Å². The average molecular weight is 374 g/mol. The third kappa shape index (κ3) is 3.44. The molecule has 0 bridgehead atoms. The van der Waals surface area contributed by atoms with Crippen LogP contribution in [0.4, 0.5) is 0 Å². The van der Waals surface area contributed by atoms with Gasteiger partial charge >= 0.3 is 0 Å². The van der Waals surface area contributed by atoms with E-state index < -0.39 is 6.10 Å². The number of β-amino-alcohol motifs (C(OH)–C–C–N with tert-alkyl or cyclic N) is 1. The normalized spacial score (nSPS) is 20.6. The van der Waals surface area contributed by atoms with Gasteiger partial charge in [0.05, 0.1) is 11.7 Å². The first-order valence-electron chi connectivity index (χ1n) is 9.57. The maximum atomic E-state index is 10.6. The van der Waals surface area contributed by atoms with Gasteiger partial charge in [0.2, 0.25) is 0 Å². The first kappa shape index (κ1) is 17.2. The zero-order valence-corrected chi connectivity index (χ0v) is 15.5. The maximum Gasteiger partial charge on any atom is 0.127 e. The lowest BCUT2D eigenvalue weighted by atomic mass is 10.0. The van der Waals surface area contributed by atoms with Gasteiger partial charge in [0.1, 0.15) is 18.0 Å². The van der Waals surface area contributed by atoms with Crippen LogP contribution in [0.3, 0.4) is 0 Å². The van der Waals surface area contributed by atoms with E-state index in [1.807, 2.05) is 36.7 Å². The number of aliphatic hydroxyl groups excluding tert-OH is 1. The van der Waals surface area contributed by atoms with Crippen LogP contribution in [0.2, 0.25) is 0 Å². The number of hydrogen-bond acceptors (Lipinski definition) is 5. The third-order valence-electron chi connectivity index (χ3n) is 5.42. The molecule has 0 amide bonds. The number of aromatic amines is 1. The summed E-state index contributed by atoms with van der Waals surface area (Å²) in [5.41, 5.74) is 2.26. The second-order valence-electron chi connectivity index (χ2n) is 7.42. The number of H-pyrrole nitrogens is 1. The van der Waals surface area contributed by atoms with Crippen molar-refractivity contribution in [3.05, 3.63) is 66.6 Å². The van der Waals surface area contributed by atoms with Crippen LogP contribution in [0.1, 0.15) is 12.0 Å². The number of hydrogen-bond donors (Lipinski definition) is 2. The first-order valence-corrected chi connectivity index (χ1v) is 9.57. The van der Waals surface area contributed by atoms with E-state index in [-0.39, 0.29) is 6.10 Å². The summed E-state index contributed by atoms with van der Waals surface area (Å²) in [5, 5.41) is 21.0. The highest BCUT2D eigenvalue weighted by Gasteiger charge is 2.29. The largest absolute Gasteiger partial charge is 0.488 e. The molecule has 6 heteroatoms. The molecule has 0 radical (unpaired) electrons. The van der Waals surface area contributed by atoms with Crippen LogP contribution in [-0.2, 0) is 6.54 Å². The Balaban J connectivity index is 1.23. The average Bonchev–Trinajstić information content (AvgIpc) is 3.18. The van der Waals surface area contributed by atoms with E-state index in [2.05, 4.69) is 38.3 Å². The Morgan fingerprint density at radius 2 is 2.00 bits per heavy atom. The van der Waals surface area contributed by atoms with Crippen LogP contribution in [0.15, 0.2) is 61.1 Å². The quantitative estimate of drug-likeness (QED) is 0.574. The van der Waals surface area contributed by atoms with Crippen LogP contribution < -0.4 is 4.74 Å². The van der Waals surface area contributed by atoms with Crippen LogP contribution in [-0.4, -0.2) is 50.5 Å². The topological polar surface area (TPSA) is 74.3 Å². The van der Waals surface area contributed by atoms with Crippen molar-refractivity contribution in [2.45, 2.75) is 25.2 Å². The smallest absolute Gasteiger partial charge is 0.127 e. The Bertz CT molecular complexity index is 1110. The minimum absolute atomic E-state index is 0.194. The van der Waals surface area contributed by atoms with E-state index in [9.17, 15) is 5.11 Å². The van der Waals surface area contributed by atoms with E-state index >= 15 is 0 Å². The molecule has 142 valence electrons. The van der Waals surface area contributed by atoms with Gasteiger partial charge in [-0.3, -0.25) is 15.0 Å². The van der Waals surface area contributed by atoms with Crippen molar-refractivity contribution in [3.63, 3.8) is 0 Å². The summed E-state index contributed by atoms with van der Waals surface area (Å²) in [7, 11) is 0. The van der Waals surface area contributed by atoms with Crippen LogP contribution >= 0.6 is 0 Å². The van der Waals surface area contributed by atoms with Gasteiger partial charge in [-0.05, 0) is 41.6 Å². The molecule has 0 saturated carbocycles. The van der Waals surface area contributed by atoms with E-state index in [4.69, 9.17) is 4.74 Å². The summed E-state index contributed by atoms with van der Waals surface area (Å²) in [5.74, 6) is 0.780. The molecular weight excluding hydrogens is 352 g/mol. The maximum absolute atomic E-state index is 10.6. The lowest BCUT2D eigenvalue weighted by Crippen LogP contribution is -2.48. The van der Waals surface area contributed by atoms with Crippen molar-refractivity contribution < 1.29 is 9.84 Å². The molecule has 3 heterocycles. The van der Waals surface area contributed by atoms with Crippen molar-refractivity contribution in [1.29, 1.82) is 0 Å². The summed E-state index contributed by atoms with van der Waals surface area (Å²) in [4.78, 5) is 6.43. The predicted molar refractivity (Wildman–Crippen MR) is 108 cm³/mol. The number of benzene rings is 2. The number of rotatable bonds is 4. The molecule has 4 aromatic rings. The van der Waals surface area contributed by atoms with Gasteiger partial charge in [-0.15, -0.1) is 0 Å². The number of fused-ring (bicyclic) bond motifs is 2. The van der Waals surface area contributed by atoms with Gasteiger partial charge in [0.15, 0.2) is 0 Å². The van der Waals surface area contributed by atoms with Gasteiger partial charge in [-0.25, -0.2) is 0 Å². The Kier molecular flexibility index (Phi) is 4.43. The molecule has 1 saturated heterocycles. The van der Waals surface area contributed by atoms with Gasteiger partial charge in [-0.1, -0.05) is 18.2 Å². The molecule has 0 unspecified atom stereocenters. The highest BCUT2D eigenvalue weighted by molar-refractivity contribution is 5.82. The van der Waals surface area contributed by atoms with E-state index in [0.29, 0.717) is 6.54 Å². The number of piperidine rings is 1. The Morgan fingerprint density at radius 3 is 2.93 bits per heavy atom. The van der Waals surface area contributed by atoms with Gasteiger partial charge < -0.3 is 9.84 Å². The number of nitrogens with one attached hydrogen (secondary N) is 1. The monoisotopic (exact) mass is 374 g/mol. The molecule has 0 aliphatic carbocycles. The number of aliphatic hydroxyl groups is 1. The molecular formula is C22H22N4O2. The molecule has 28 heavy (non-hydrogen) atoms. The van der Waals surface area contributed by atoms with Crippen molar-refractivity contribution in [2.24, 2.45) is 0 Å². The second kappa shape index (κ2) is 7.22. The van der Waals surface area contributed by atoms with Crippen molar-refractivity contribution in [2.75, 3.05) is 13.1 Å². The predicted octanol–water partition coefficient (Wildman–Crippen LogP) is 3.13. The van der Waals surface area contributed by atoms with E-state index in [1.54, 1.807) is 6.20 Å². The Labute approximate surface area is 162 Å². The van der Waals surface area contributed by atoms with E-state index in [1.165, 1.54) is 5.56 Å². The van der Waals surface area contributed by atoms with Crippen LogP contribution in [0.5, 0.6) is 5.75 Å². The summed E-state index contributed by atoms with van der Waals surface area (Å²) in [6.45, 7) is 2.29. The molecule has 1 fully saturated rings. The number of likely N-dealkylation sites (tertiary alicyclic amines) is 1. The molecule has 2 aromatic heterocycles. The molecule has 5 rings (SSSR count). The fourth-order valence-electron chi connectivity index (χ4n) is 3.91. The molecule has 1 aliphatic heterocycles. The Hall–Kier alpha value is -2.96. The highest BCUT2D eigenvalue weighted by Crippen LogP contribution is 2.24. The van der Waals surface area contributed by atoms with Crippen LogP contribution in [0, 0.1) is 0 Å². The molecule has 0 spiro atoms. The van der Waals surface area contributed by atoms with E-state index in [0.717, 1.165) is 46.9 Å². The zero-order chi connectivity index (χ0) is 18.9. The summed E-state index contributed by atoms with van der Waals surface area (Å²) < 4.78 is 6.10. The van der Waals surface area contributed by atoms with Crippen molar-refractivity contribution in [3.8, 4) is 5.75 Å². The minimum atomic E-state index is -0.519. The lowest BCUT2D eigenvalue weighted by Gasteiger charge is -2.36. The summed E-state index contributed by atoms with van der Waals surface area (Å²) >= 11 is 0. The number of pyridine rings is 1. The number of aromatic nitrogens is 3. The molecule has 2 atom stereocenters. The second-order valence-corrected chi connectivity index (χ2v) is 7.42. The minimum Gasteiger partial charge on any atom is -0.488 e. The molecule has 1 aliphatic rings. The third-order valence-corrected chi connectivity index (χ3v) is 5.42. The lowest BCUT2D eigenvalue weighted by molar-refractivity contribution is -0.0274. The summed E-state index contributed by atoms with van der Waals surface area (Å²) in [6, 6.07) is 14.3.